The van der Waals surface area contributed by atoms with Gasteiger partial charge in [-0.2, -0.15) is 4.31 Å². The molecule has 2 aromatic carbocycles. The van der Waals surface area contributed by atoms with Gasteiger partial charge in [0.1, 0.15) is 0 Å². The summed E-state index contributed by atoms with van der Waals surface area (Å²) in [5, 5.41) is 0.657. The van der Waals surface area contributed by atoms with E-state index in [-0.39, 0.29) is 23.5 Å². The number of carbonyl (C=O) groups is 1. The number of piperidine rings is 1. The van der Waals surface area contributed by atoms with Crippen molar-refractivity contribution in [3.63, 3.8) is 0 Å². The lowest BCUT2D eigenvalue weighted by Crippen LogP contribution is -2.48. The van der Waals surface area contributed by atoms with Gasteiger partial charge in [-0.25, -0.2) is 13.4 Å². The molecule has 0 N–H and O–H groups in total. The highest BCUT2D eigenvalue weighted by Crippen LogP contribution is 2.33. The highest BCUT2D eigenvalue weighted by molar-refractivity contribution is 7.89. The minimum absolute atomic E-state index is 0.0227. The molecular weight excluding hydrogens is 470 g/mol. The molecule has 2 fully saturated rings. The van der Waals surface area contributed by atoms with Crippen LogP contribution in [0.25, 0.3) is 10.2 Å². The number of sulfonamides is 1. The normalized spacial score (nSPS) is 21.7. The van der Waals surface area contributed by atoms with Crippen molar-refractivity contribution in [3.8, 4) is 0 Å². The van der Waals surface area contributed by atoms with E-state index in [0.29, 0.717) is 37.7 Å². The maximum absolute atomic E-state index is 13.9. The summed E-state index contributed by atoms with van der Waals surface area (Å²) in [4.78, 5) is 20.6. The van der Waals surface area contributed by atoms with Crippen molar-refractivity contribution in [3.05, 3.63) is 54.1 Å². The fourth-order valence-corrected chi connectivity index (χ4v) is 7.34. The van der Waals surface area contributed by atoms with Gasteiger partial charge in [0, 0.05) is 19.7 Å². The van der Waals surface area contributed by atoms with Crippen LogP contribution in [0.4, 0.5) is 5.13 Å². The molecule has 0 aliphatic carbocycles. The number of ether oxygens (including phenoxy) is 1. The fourth-order valence-electron chi connectivity index (χ4n) is 4.71. The van der Waals surface area contributed by atoms with Crippen LogP contribution in [0, 0.1) is 12.8 Å². The number of anilines is 1. The van der Waals surface area contributed by atoms with Crippen LogP contribution in [0.3, 0.4) is 0 Å². The maximum Gasteiger partial charge on any atom is 0.243 e. The quantitative estimate of drug-likeness (QED) is 0.507. The molecule has 2 atom stereocenters. The molecule has 5 rings (SSSR count). The van der Waals surface area contributed by atoms with Crippen LogP contribution in [0.15, 0.2) is 53.4 Å². The van der Waals surface area contributed by atoms with Crippen LogP contribution in [0.5, 0.6) is 0 Å². The Bertz CT molecular complexity index is 1270. The Morgan fingerprint density at radius 1 is 1.18 bits per heavy atom. The number of hydrogen-bond donors (Lipinski definition) is 0. The SMILES string of the molecule is Cc1ccc2nc(N(CC3CCCO3)C(=O)C3CCCN(S(=O)(=O)c4ccccc4)C3)sc2c1. The van der Waals surface area contributed by atoms with Gasteiger partial charge in [-0.05, 0) is 62.4 Å². The Labute approximate surface area is 204 Å². The maximum atomic E-state index is 13.9. The number of thiazole rings is 1. The van der Waals surface area contributed by atoms with Crippen LogP contribution >= 0.6 is 11.3 Å². The van der Waals surface area contributed by atoms with E-state index in [4.69, 9.17) is 9.72 Å². The number of fused-ring (bicyclic) bond motifs is 1. The molecule has 0 radical (unpaired) electrons. The monoisotopic (exact) mass is 499 g/mol. The van der Waals surface area contributed by atoms with E-state index in [9.17, 15) is 13.2 Å². The second-order valence-corrected chi connectivity index (χ2v) is 12.0. The Morgan fingerprint density at radius 3 is 2.76 bits per heavy atom. The van der Waals surface area contributed by atoms with Gasteiger partial charge in [-0.1, -0.05) is 35.6 Å². The number of aryl methyl sites for hydroxylation is 1. The van der Waals surface area contributed by atoms with Crippen LogP contribution in [-0.4, -0.2) is 56.0 Å². The Kier molecular flexibility index (Phi) is 6.70. The molecule has 2 aliphatic rings. The molecule has 0 saturated carbocycles. The lowest BCUT2D eigenvalue weighted by molar-refractivity contribution is -0.123. The van der Waals surface area contributed by atoms with Crippen molar-refractivity contribution in [2.24, 2.45) is 5.92 Å². The molecule has 2 unspecified atom stereocenters. The van der Waals surface area contributed by atoms with Crippen LogP contribution < -0.4 is 4.90 Å². The smallest absolute Gasteiger partial charge is 0.243 e. The summed E-state index contributed by atoms with van der Waals surface area (Å²) in [6.45, 7) is 3.80. The standard InChI is InChI=1S/C25H29N3O4S2/c1-18-11-12-22-23(15-18)33-25(26-22)28(17-20-8-6-14-32-20)24(29)19-7-5-13-27(16-19)34(30,31)21-9-3-2-4-10-21/h2-4,9-12,15,19-20H,5-8,13-14,16-17H2,1H3. The summed E-state index contributed by atoms with van der Waals surface area (Å²) in [7, 11) is -3.64. The summed E-state index contributed by atoms with van der Waals surface area (Å²) in [5.41, 5.74) is 2.02. The molecule has 7 nitrogen and oxygen atoms in total. The van der Waals surface area contributed by atoms with Crippen molar-refractivity contribution in [2.45, 2.75) is 43.6 Å². The Hall–Kier alpha value is -2.33. The lowest BCUT2D eigenvalue weighted by Gasteiger charge is -2.34. The molecule has 0 spiro atoms. The highest BCUT2D eigenvalue weighted by atomic mass is 32.2. The van der Waals surface area contributed by atoms with Crippen molar-refractivity contribution >= 4 is 42.6 Å². The molecule has 2 aliphatic heterocycles. The third-order valence-corrected chi connectivity index (χ3v) is 9.47. The van der Waals surface area contributed by atoms with E-state index in [1.54, 1.807) is 35.2 Å². The zero-order valence-electron chi connectivity index (χ0n) is 19.2. The van der Waals surface area contributed by atoms with Gasteiger partial charge >= 0.3 is 0 Å². The first-order valence-electron chi connectivity index (χ1n) is 11.8. The molecule has 0 bridgehead atoms. The van der Waals surface area contributed by atoms with Crippen LogP contribution in [0.1, 0.15) is 31.2 Å². The second-order valence-electron chi connectivity index (χ2n) is 9.07. The first kappa shape index (κ1) is 23.4. The topological polar surface area (TPSA) is 79.8 Å². The number of carbonyl (C=O) groups excluding carboxylic acids is 1. The predicted molar refractivity (Wildman–Crippen MR) is 134 cm³/mol. The number of hydrogen-bond acceptors (Lipinski definition) is 6. The first-order chi connectivity index (χ1) is 16.4. The molecule has 34 heavy (non-hydrogen) atoms. The number of nitrogens with zero attached hydrogens (tertiary/aromatic N) is 3. The van der Waals surface area contributed by atoms with Crippen molar-refractivity contribution in [1.29, 1.82) is 0 Å². The number of aromatic nitrogens is 1. The fraction of sp³-hybridized carbons (Fsp3) is 0.440. The lowest BCUT2D eigenvalue weighted by atomic mass is 9.98. The average molecular weight is 500 g/mol. The molecule has 1 amide bonds. The summed E-state index contributed by atoms with van der Waals surface area (Å²) in [6.07, 6.45) is 3.18. The zero-order valence-corrected chi connectivity index (χ0v) is 20.9. The third kappa shape index (κ3) is 4.75. The second kappa shape index (κ2) is 9.73. The number of rotatable bonds is 6. The average Bonchev–Trinajstić information content (AvgIpc) is 3.52. The zero-order chi connectivity index (χ0) is 23.7. The molecular formula is C25H29N3O4S2. The summed E-state index contributed by atoms with van der Waals surface area (Å²) in [6, 6.07) is 14.5. The largest absolute Gasteiger partial charge is 0.376 e. The molecule has 9 heteroatoms. The number of amides is 1. The summed E-state index contributed by atoms with van der Waals surface area (Å²) < 4.78 is 34.7. The van der Waals surface area contributed by atoms with Crippen LogP contribution in [0.2, 0.25) is 0 Å². The van der Waals surface area contributed by atoms with Gasteiger partial charge < -0.3 is 4.74 Å². The van der Waals surface area contributed by atoms with Gasteiger partial charge in [0.25, 0.3) is 0 Å². The van der Waals surface area contributed by atoms with Crippen molar-refractivity contribution in [2.75, 3.05) is 31.1 Å². The first-order valence-corrected chi connectivity index (χ1v) is 14.0. The number of benzene rings is 2. The Balaban J connectivity index is 1.42. The van der Waals surface area contributed by atoms with Crippen molar-refractivity contribution < 1.29 is 17.9 Å². The van der Waals surface area contributed by atoms with Gasteiger partial charge in [-0.15, -0.1) is 0 Å². The van der Waals surface area contributed by atoms with Gasteiger partial charge in [0.05, 0.1) is 33.7 Å². The molecule has 2 saturated heterocycles. The summed E-state index contributed by atoms with van der Waals surface area (Å²) in [5.74, 6) is -0.485. The molecule has 1 aromatic heterocycles. The van der Waals surface area contributed by atoms with Gasteiger partial charge in [0.2, 0.25) is 15.9 Å². The van der Waals surface area contributed by atoms with Crippen molar-refractivity contribution in [1.82, 2.24) is 9.29 Å². The van der Waals surface area contributed by atoms with Crippen LogP contribution in [-0.2, 0) is 19.6 Å². The van der Waals surface area contributed by atoms with Gasteiger partial charge in [-0.3, -0.25) is 9.69 Å². The van der Waals surface area contributed by atoms with Gasteiger partial charge in [0.15, 0.2) is 5.13 Å². The van der Waals surface area contributed by atoms with E-state index in [2.05, 4.69) is 6.07 Å². The van der Waals surface area contributed by atoms with E-state index >= 15 is 0 Å². The van der Waals surface area contributed by atoms with E-state index in [0.717, 1.165) is 28.6 Å². The van der Waals surface area contributed by atoms with E-state index in [1.165, 1.54) is 15.6 Å². The molecule has 3 aromatic rings. The third-order valence-electron chi connectivity index (χ3n) is 6.55. The minimum atomic E-state index is -3.64. The molecule has 3 heterocycles. The molecule has 180 valence electrons. The predicted octanol–water partition coefficient (Wildman–Crippen LogP) is 4.22. The minimum Gasteiger partial charge on any atom is -0.376 e. The highest BCUT2D eigenvalue weighted by Gasteiger charge is 2.37. The van der Waals surface area contributed by atoms with E-state index in [1.807, 2.05) is 19.1 Å². The Morgan fingerprint density at radius 2 is 2.00 bits per heavy atom. The summed E-state index contributed by atoms with van der Waals surface area (Å²) >= 11 is 1.51. The van der Waals surface area contributed by atoms with E-state index < -0.39 is 15.9 Å².